The number of halogens is 2. The minimum absolute atomic E-state index is 0.177. The first-order chi connectivity index (χ1) is 20.1. The van der Waals surface area contributed by atoms with Crippen LogP contribution in [0.4, 0.5) is 0 Å². The third kappa shape index (κ3) is 5.61. The lowest BCUT2D eigenvalue weighted by Gasteiger charge is -2.36. The van der Waals surface area contributed by atoms with E-state index in [9.17, 15) is 0 Å². The number of rotatable bonds is 12. The lowest BCUT2D eigenvalue weighted by Crippen LogP contribution is -2.28. The summed E-state index contributed by atoms with van der Waals surface area (Å²) in [5, 5.41) is 0. The Balaban J connectivity index is 1.04. The van der Waals surface area contributed by atoms with Crippen LogP contribution in [0.15, 0.2) is 76.8 Å². The molecule has 0 aromatic heterocycles. The van der Waals surface area contributed by atoms with Crippen molar-refractivity contribution in [3.05, 3.63) is 121 Å². The molecule has 1 atom stereocenters. The highest BCUT2D eigenvalue weighted by Gasteiger charge is 2.44. The quantitative estimate of drug-likeness (QED) is 0.133. The molecule has 0 nitrogen and oxygen atoms in total. The number of alkyl halides is 1. The van der Waals surface area contributed by atoms with Crippen molar-refractivity contribution in [1.29, 1.82) is 0 Å². The van der Waals surface area contributed by atoms with Gasteiger partial charge in [0.1, 0.15) is 0 Å². The minimum Gasteiger partial charge on any atom is -0.0842 e. The van der Waals surface area contributed by atoms with Gasteiger partial charge in [-0.2, -0.15) is 0 Å². The molecule has 7 rings (SSSR count). The molecular formula is C39H42Br2. The van der Waals surface area contributed by atoms with Crippen molar-refractivity contribution < 1.29 is 0 Å². The molecule has 0 amide bonds. The van der Waals surface area contributed by atoms with Crippen LogP contribution in [0.25, 0.3) is 5.57 Å². The molecule has 4 aliphatic carbocycles. The van der Waals surface area contributed by atoms with Gasteiger partial charge in [-0.3, -0.25) is 0 Å². The second kappa shape index (κ2) is 12.0. The van der Waals surface area contributed by atoms with Gasteiger partial charge in [0.15, 0.2) is 0 Å². The summed E-state index contributed by atoms with van der Waals surface area (Å²) in [7, 11) is 0. The van der Waals surface area contributed by atoms with E-state index in [2.05, 4.69) is 98.6 Å². The smallest absolute Gasteiger partial charge is 0.0366 e. The van der Waals surface area contributed by atoms with E-state index in [0.717, 1.165) is 6.42 Å². The molecule has 0 heterocycles. The molecule has 0 radical (unpaired) electrons. The molecule has 0 fully saturated rings. The fraction of sp³-hybridized carbons (Fsp3) is 0.436. The van der Waals surface area contributed by atoms with Gasteiger partial charge in [0, 0.05) is 14.7 Å². The zero-order valence-corrected chi connectivity index (χ0v) is 27.5. The Morgan fingerprint density at radius 1 is 0.659 bits per heavy atom. The maximum Gasteiger partial charge on any atom is 0.0366 e. The van der Waals surface area contributed by atoms with E-state index in [0.29, 0.717) is 4.83 Å². The van der Waals surface area contributed by atoms with Crippen LogP contribution >= 0.6 is 31.9 Å². The first kappa shape index (κ1) is 27.9. The number of aryl methyl sites for hydroxylation is 6. The van der Waals surface area contributed by atoms with Crippen molar-refractivity contribution in [2.24, 2.45) is 0 Å². The fourth-order valence-electron chi connectivity index (χ4n) is 8.06. The van der Waals surface area contributed by atoms with Gasteiger partial charge in [-0.1, -0.05) is 118 Å². The van der Waals surface area contributed by atoms with E-state index in [-0.39, 0.29) is 5.41 Å². The summed E-state index contributed by atoms with van der Waals surface area (Å²) in [5.74, 6) is 0. The molecule has 41 heavy (non-hydrogen) atoms. The lowest BCUT2D eigenvalue weighted by atomic mass is 9.68. The monoisotopic (exact) mass is 668 g/mol. The number of fused-ring (bicyclic) bond motifs is 4. The highest BCUT2D eigenvalue weighted by atomic mass is 79.9. The Labute approximate surface area is 264 Å². The van der Waals surface area contributed by atoms with Crippen LogP contribution < -0.4 is 0 Å². The molecule has 4 aliphatic rings. The van der Waals surface area contributed by atoms with Crippen LogP contribution in [0, 0.1) is 0 Å². The Morgan fingerprint density at radius 3 is 1.83 bits per heavy atom. The van der Waals surface area contributed by atoms with E-state index in [1.165, 1.54) is 106 Å². The third-order valence-electron chi connectivity index (χ3n) is 10.6. The fourth-order valence-corrected chi connectivity index (χ4v) is 8.90. The molecule has 3 aromatic rings. The molecule has 1 unspecified atom stereocenters. The van der Waals surface area contributed by atoms with Gasteiger partial charge in [0.25, 0.3) is 0 Å². The lowest BCUT2D eigenvalue weighted by molar-refractivity contribution is 0.384. The predicted octanol–water partition coefficient (Wildman–Crippen LogP) is 11.0. The molecule has 0 aliphatic heterocycles. The average molecular weight is 671 g/mol. The first-order valence-corrected chi connectivity index (χ1v) is 17.9. The third-order valence-corrected chi connectivity index (χ3v) is 11.7. The van der Waals surface area contributed by atoms with E-state index >= 15 is 0 Å². The zero-order chi connectivity index (χ0) is 27.8. The van der Waals surface area contributed by atoms with Gasteiger partial charge in [0.05, 0.1) is 0 Å². The summed E-state index contributed by atoms with van der Waals surface area (Å²) in [5.41, 5.74) is 15.9. The van der Waals surface area contributed by atoms with Gasteiger partial charge in [0.2, 0.25) is 0 Å². The second-order valence-electron chi connectivity index (χ2n) is 13.1. The standard InChI is InChI=1S/C39H42Br2/c40-33-17-19-35-36-20-18-34(41)26-38(36)39(37(35)25-33,21-5-1-3-7-27-9-11-29-13-15-31(29)23-27)22-6-2-4-8-28-10-12-30-14-16-32(30)24-28/h9-12,17-20,23-25,34H,1-8,13-16,21-22,26H2. The summed E-state index contributed by atoms with van der Waals surface area (Å²) >= 11 is 7.83. The SMILES string of the molecule is Brc1ccc2c(c1)C(CCCCCc1ccc3c(c1)CC3)(CCCCCc1ccc3c(c1)CC3)C1=C2C=CC(Br)C1. The van der Waals surface area contributed by atoms with Crippen molar-refractivity contribution >= 4 is 37.4 Å². The number of unbranched alkanes of at least 4 members (excludes halogenated alkanes) is 4. The van der Waals surface area contributed by atoms with Crippen LogP contribution in [0.2, 0.25) is 0 Å². The zero-order valence-electron chi connectivity index (χ0n) is 24.3. The van der Waals surface area contributed by atoms with Gasteiger partial charge >= 0.3 is 0 Å². The Bertz CT molecular complexity index is 1440. The van der Waals surface area contributed by atoms with Crippen molar-refractivity contribution in [2.45, 2.75) is 107 Å². The van der Waals surface area contributed by atoms with Crippen LogP contribution in [-0.4, -0.2) is 4.83 Å². The summed E-state index contributed by atoms with van der Waals surface area (Å²) in [6.07, 6.45) is 23.9. The average Bonchev–Trinajstić information content (AvgIpc) is 3.19. The molecule has 2 heteroatoms. The van der Waals surface area contributed by atoms with Crippen LogP contribution in [0.5, 0.6) is 0 Å². The molecule has 3 aromatic carbocycles. The van der Waals surface area contributed by atoms with Crippen molar-refractivity contribution in [2.75, 3.05) is 0 Å². The number of allylic oxidation sites excluding steroid dienone is 4. The van der Waals surface area contributed by atoms with Crippen molar-refractivity contribution in [3.63, 3.8) is 0 Å². The predicted molar refractivity (Wildman–Crippen MR) is 181 cm³/mol. The summed E-state index contributed by atoms with van der Waals surface area (Å²) < 4.78 is 1.22. The molecule has 0 N–H and O–H groups in total. The summed E-state index contributed by atoms with van der Waals surface area (Å²) in [6, 6.07) is 21.6. The normalized spacial score (nSPS) is 19.2. The highest BCUT2D eigenvalue weighted by Crippen LogP contribution is 2.56. The van der Waals surface area contributed by atoms with E-state index < -0.39 is 0 Å². The first-order valence-electron chi connectivity index (χ1n) is 16.2. The number of hydrogen-bond acceptors (Lipinski definition) is 0. The molecule has 212 valence electrons. The van der Waals surface area contributed by atoms with E-state index in [4.69, 9.17) is 0 Å². The molecule has 0 bridgehead atoms. The minimum atomic E-state index is 0.177. The van der Waals surface area contributed by atoms with Crippen molar-refractivity contribution in [3.8, 4) is 0 Å². The Kier molecular flexibility index (Phi) is 8.17. The van der Waals surface area contributed by atoms with Gasteiger partial charge in [-0.15, -0.1) is 0 Å². The maximum absolute atomic E-state index is 3.97. The van der Waals surface area contributed by atoms with E-state index in [1.807, 2.05) is 0 Å². The largest absolute Gasteiger partial charge is 0.0842 e. The summed E-state index contributed by atoms with van der Waals surface area (Å²) in [4.78, 5) is 0.449. The van der Waals surface area contributed by atoms with Gasteiger partial charge in [-0.05, 0) is 133 Å². The van der Waals surface area contributed by atoms with Gasteiger partial charge < -0.3 is 0 Å². The van der Waals surface area contributed by atoms with Gasteiger partial charge in [-0.25, -0.2) is 0 Å². The number of benzene rings is 3. The maximum atomic E-state index is 3.97. The molecule has 0 saturated carbocycles. The number of hydrogen-bond donors (Lipinski definition) is 0. The molecule has 0 spiro atoms. The van der Waals surface area contributed by atoms with E-state index in [1.54, 1.807) is 44.5 Å². The topological polar surface area (TPSA) is 0 Å². The van der Waals surface area contributed by atoms with Crippen molar-refractivity contribution in [1.82, 2.24) is 0 Å². The second-order valence-corrected chi connectivity index (χ2v) is 15.2. The van der Waals surface area contributed by atoms with Crippen LogP contribution in [0.1, 0.15) is 102 Å². The Hall–Kier alpha value is -1.90. The van der Waals surface area contributed by atoms with Crippen LogP contribution in [0.3, 0.4) is 0 Å². The molecule has 0 saturated heterocycles. The van der Waals surface area contributed by atoms with Crippen LogP contribution in [-0.2, 0) is 43.9 Å². The Morgan fingerprint density at radius 2 is 1.27 bits per heavy atom. The highest BCUT2D eigenvalue weighted by molar-refractivity contribution is 9.10. The summed E-state index contributed by atoms with van der Waals surface area (Å²) in [6.45, 7) is 0. The molecular weight excluding hydrogens is 628 g/mol.